The molecule has 1 aromatic carbocycles. The van der Waals surface area contributed by atoms with Crippen molar-refractivity contribution in [2.75, 3.05) is 11.9 Å². The third kappa shape index (κ3) is 2.62. The Hall–Kier alpha value is -2.54. The number of rotatable bonds is 5. The summed E-state index contributed by atoms with van der Waals surface area (Å²) in [6, 6.07) is 5.95. The lowest BCUT2D eigenvalue weighted by Crippen LogP contribution is -2.23. The number of anilines is 1. The summed E-state index contributed by atoms with van der Waals surface area (Å²) >= 11 is 0. The summed E-state index contributed by atoms with van der Waals surface area (Å²) in [5, 5.41) is 17.5. The lowest BCUT2D eigenvalue weighted by molar-refractivity contribution is 0.271. The molecule has 0 bridgehead atoms. The van der Waals surface area contributed by atoms with Gasteiger partial charge in [0.15, 0.2) is 5.65 Å². The summed E-state index contributed by atoms with van der Waals surface area (Å²) in [6.07, 6.45) is 3.87. The third-order valence-corrected chi connectivity index (χ3v) is 3.49. The van der Waals surface area contributed by atoms with Crippen molar-refractivity contribution in [2.45, 2.75) is 19.4 Å². The maximum Gasteiger partial charge on any atom is 0.168 e. The number of aromatic nitrogens is 4. The van der Waals surface area contributed by atoms with E-state index in [9.17, 15) is 9.50 Å². The average Bonchev–Trinajstić information content (AvgIpc) is 2.98. The monoisotopic (exact) mass is 301 g/mol. The van der Waals surface area contributed by atoms with Gasteiger partial charge in [0.1, 0.15) is 18.0 Å². The molecule has 3 rings (SSSR count). The van der Waals surface area contributed by atoms with E-state index in [1.165, 1.54) is 18.5 Å². The molecule has 2 aromatic heterocycles. The number of halogens is 1. The van der Waals surface area contributed by atoms with Crippen LogP contribution in [-0.2, 0) is 0 Å². The number of hydrogen-bond donors (Lipinski definition) is 2. The zero-order chi connectivity index (χ0) is 15.5. The maximum atomic E-state index is 13.0. The second-order valence-corrected chi connectivity index (χ2v) is 4.92. The van der Waals surface area contributed by atoms with Crippen molar-refractivity contribution in [1.29, 1.82) is 0 Å². The van der Waals surface area contributed by atoms with E-state index < -0.39 is 0 Å². The lowest BCUT2D eigenvalue weighted by Gasteiger charge is -2.14. The van der Waals surface area contributed by atoms with Crippen molar-refractivity contribution >= 4 is 16.9 Å². The van der Waals surface area contributed by atoms with Crippen LogP contribution in [0, 0.1) is 5.82 Å². The van der Waals surface area contributed by atoms with Crippen LogP contribution in [0.5, 0.6) is 0 Å². The van der Waals surface area contributed by atoms with Gasteiger partial charge in [-0.3, -0.25) is 0 Å². The van der Waals surface area contributed by atoms with Gasteiger partial charge in [-0.05, 0) is 30.7 Å². The van der Waals surface area contributed by atoms with E-state index in [0.29, 0.717) is 11.5 Å². The minimum absolute atomic E-state index is 0.0219. The van der Waals surface area contributed by atoms with E-state index in [1.54, 1.807) is 23.0 Å². The Balaban J connectivity index is 2.03. The van der Waals surface area contributed by atoms with Crippen LogP contribution in [-0.4, -0.2) is 37.5 Å². The summed E-state index contributed by atoms with van der Waals surface area (Å²) in [5.41, 5.74) is 1.34. The Labute approximate surface area is 126 Å². The van der Waals surface area contributed by atoms with Crippen LogP contribution < -0.4 is 5.32 Å². The Morgan fingerprint density at radius 1 is 1.27 bits per heavy atom. The standard InChI is InChI=1S/C15H16FN5O/c1-2-11(8-22)20-14-13-7-19-21(15(13)18-9-17-14)12-5-3-10(16)4-6-12/h3-7,9,11,22H,2,8H2,1H3,(H,17,18,20). The molecule has 22 heavy (non-hydrogen) atoms. The molecular weight excluding hydrogens is 285 g/mol. The molecule has 114 valence electrons. The van der Waals surface area contributed by atoms with Crippen LogP contribution in [0.15, 0.2) is 36.8 Å². The highest BCUT2D eigenvalue weighted by atomic mass is 19.1. The van der Waals surface area contributed by atoms with Crippen molar-refractivity contribution < 1.29 is 9.50 Å². The maximum absolute atomic E-state index is 13.0. The van der Waals surface area contributed by atoms with Gasteiger partial charge in [-0.25, -0.2) is 19.0 Å². The normalized spacial score (nSPS) is 12.5. The topological polar surface area (TPSA) is 75.9 Å². The molecule has 3 aromatic rings. The van der Waals surface area contributed by atoms with Crippen LogP contribution in [0.3, 0.4) is 0 Å². The first-order chi connectivity index (χ1) is 10.7. The Morgan fingerprint density at radius 3 is 2.73 bits per heavy atom. The van der Waals surface area contributed by atoms with Gasteiger partial charge in [0.05, 0.1) is 29.9 Å². The number of fused-ring (bicyclic) bond motifs is 1. The van der Waals surface area contributed by atoms with Crippen LogP contribution in [0.4, 0.5) is 10.2 Å². The first-order valence-corrected chi connectivity index (χ1v) is 7.05. The summed E-state index contributed by atoms with van der Waals surface area (Å²) in [4.78, 5) is 8.47. The summed E-state index contributed by atoms with van der Waals surface area (Å²) in [5.74, 6) is 0.324. The predicted octanol–water partition coefficient (Wildman–Crippen LogP) is 2.14. The smallest absolute Gasteiger partial charge is 0.168 e. The fraction of sp³-hybridized carbons (Fsp3) is 0.267. The highest BCUT2D eigenvalue weighted by molar-refractivity contribution is 5.87. The minimum Gasteiger partial charge on any atom is -0.394 e. The highest BCUT2D eigenvalue weighted by Gasteiger charge is 2.13. The van der Waals surface area contributed by atoms with Gasteiger partial charge in [0.25, 0.3) is 0 Å². The zero-order valence-corrected chi connectivity index (χ0v) is 12.1. The van der Waals surface area contributed by atoms with Gasteiger partial charge in [-0.2, -0.15) is 5.10 Å². The van der Waals surface area contributed by atoms with E-state index in [2.05, 4.69) is 20.4 Å². The van der Waals surface area contributed by atoms with Crippen molar-refractivity contribution in [3.8, 4) is 5.69 Å². The van der Waals surface area contributed by atoms with Crippen LogP contribution in [0.25, 0.3) is 16.7 Å². The highest BCUT2D eigenvalue weighted by Crippen LogP contribution is 2.22. The lowest BCUT2D eigenvalue weighted by atomic mass is 10.2. The van der Waals surface area contributed by atoms with Crippen molar-refractivity contribution in [3.63, 3.8) is 0 Å². The number of nitrogens with one attached hydrogen (secondary N) is 1. The second-order valence-electron chi connectivity index (χ2n) is 4.92. The largest absolute Gasteiger partial charge is 0.394 e. The molecule has 6 nitrogen and oxygen atoms in total. The number of aliphatic hydroxyl groups excluding tert-OH is 1. The molecule has 2 N–H and O–H groups in total. The number of hydrogen-bond acceptors (Lipinski definition) is 5. The van der Waals surface area contributed by atoms with Crippen LogP contribution >= 0.6 is 0 Å². The van der Waals surface area contributed by atoms with Crippen molar-refractivity contribution in [2.24, 2.45) is 0 Å². The Bertz CT molecular complexity index is 767. The van der Waals surface area contributed by atoms with E-state index in [0.717, 1.165) is 17.5 Å². The van der Waals surface area contributed by atoms with Crippen molar-refractivity contribution in [1.82, 2.24) is 19.7 Å². The fourth-order valence-electron chi connectivity index (χ4n) is 2.20. The molecule has 1 unspecified atom stereocenters. The molecule has 1 atom stereocenters. The number of benzene rings is 1. The average molecular weight is 301 g/mol. The molecule has 0 amide bonds. The van der Waals surface area contributed by atoms with Crippen molar-refractivity contribution in [3.05, 3.63) is 42.6 Å². The van der Waals surface area contributed by atoms with Gasteiger partial charge in [-0.1, -0.05) is 6.92 Å². The molecule has 0 aliphatic carbocycles. The molecule has 7 heteroatoms. The molecule has 0 aliphatic heterocycles. The van der Waals surface area contributed by atoms with E-state index in [-0.39, 0.29) is 18.5 Å². The molecule has 0 saturated heterocycles. The fourth-order valence-corrected chi connectivity index (χ4v) is 2.20. The molecule has 0 saturated carbocycles. The molecular formula is C15H16FN5O. The first-order valence-electron chi connectivity index (χ1n) is 7.05. The van der Waals surface area contributed by atoms with Gasteiger partial charge in [0, 0.05) is 0 Å². The van der Waals surface area contributed by atoms with Gasteiger partial charge < -0.3 is 10.4 Å². The quantitative estimate of drug-likeness (QED) is 0.755. The zero-order valence-electron chi connectivity index (χ0n) is 12.1. The summed E-state index contributed by atoms with van der Waals surface area (Å²) in [7, 11) is 0. The molecule has 0 aliphatic rings. The third-order valence-electron chi connectivity index (χ3n) is 3.49. The predicted molar refractivity (Wildman–Crippen MR) is 81.4 cm³/mol. The number of nitrogens with zero attached hydrogens (tertiary/aromatic N) is 4. The van der Waals surface area contributed by atoms with Crippen LogP contribution in [0.2, 0.25) is 0 Å². The SMILES string of the molecule is CCC(CO)Nc1ncnc2c1cnn2-c1ccc(F)cc1. The van der Waals surface area contributed by atoms with Crippen LogP contribution in [0.1, 0.15) is 13.3 Å². The molecule has 0 fully saturated rings. The minimum atomic E-state index is -0.300. The van der Waals surface area contributed by atoms with E-state index in [4.69, 9.17) is 0 Å². The molecule has 0 radical (unpaired) electrons. The second kappa shape index (κ2) is 6.07. The van der Waals surface area contributed by atoms with Gasteiger partial charge in [0.2, 0.25) is 0 Å². The summed E-state index contributed by atoms with van der Waals surface area (Å²) in [6.45, 7) is 2.00. The Morgan fingerprint density at radius 2 is 2.05 bits per heavy atom. The van der Waals surface area contributed by atoms with E-state index in [1.807, 2.05) is 6.92 Å². The van der Waals surface area contributed by atoms with Gasteiger partial charge >= 0.3 is 0 Å². The Kier molecular flexibility index (Phi) is 3.97. The van der Waals surface area contributed by atoms with E-state index >= 15 is 0 Å². The molecule has 0 spiro atoms. The number of aliphatic hydroxyl groups is 1. The van der Waals surface area contributed by atoms with Gasteiger partial charge in [-0.15, -0.1) is 0 Å². The first kappa shape index (κ1) is 14.4. The molecule has 2 heterocycles. The summed E-state index contributed by atoms with van der Waals surface area (Å²) < 4.78 is 14.7.